The molecular formula is C30H37N5O4. The zero-order chi connectivity index (χ0) is 28.0. The summed E-state index contributed by atoms with van der Waals surface area (Å²) in [7, 11) is 1.92. The first kappa shape index (κ1) is 27.9. The third kappa shape index (κ3) is 7.25. The van der Waals surface area contributed by atoms with Gasteiger partial charge in [-0.2, -0.15) is 4.98 Å². The first-order valence-corrected chi connectivity index (χ1v) is 13.3. The predicted octanol–water partition coefficient (Wildman–Crippen LogP) is 5.25. The summed E-state index contributed by atoms with van der Waals surface area (Å²) in [5.74, 6) is 1.28. The summed E-state index contributed by atoms with van der Waals surface area (Å²) in [6, 6.07) is 17.3. The Kier molecular flexibility index (Phi) is 8.69. The number of carbonyl (C=O) groups excluding carboxylic acids is 2. The highest BCUT2D eigenvalue weighted by Crippen LogP contribution is 2.31. The van der Waals surface area contributed by atoms with Gasteiger partial charge < -0.3 is 24.6 Å². The van der Waals surface area contributed by atoms with Crippen LogP contribution in [0, 0.1) is 0 Å². The van der Waals surface area contributed by atoms with Crippen molar-refractivity contribution in [3.63, 3.8) is 0 Å². The van der Waals surface area contributed by atoms with Crippen molar-refractivity contribution in [1.82, 2.24) is 9.97 Å². The van der Waals surface area contributed by atoms with Crippen LogP contribution >= 0.6 is 0 Å². The molecule has 0 fully saturated rings. The number of benzene rings is 2. The number of esters is 1. The molecule has 0 saturated heterocycles. The molecule has 9 nitrogen and oxygen atoms in total. The molecule has 1 aliphatic heterocycles. The first-order chi connectivity index (χ1) is 18.6. The maximum atomic E-state index is 13.6. The van der Waals surface area contributed by atoms with E-state index in [1.54, 1.807) is 11.1 Å². The molecule has 1 unspecified atom stereocenters. The highest BCUT2D eigenvalue weighted by Gasteiger charge is 2.28. The molecule has 1 N–H and O–H groups in total. The van der Waals surface area contributed by atoms with Crippen LogP contribution in [0.1, 0.15) is 62.6 Å². The van der Waals surface area contributed by atoms with Gasteiger partial charge in [0.2, 0.25) is 5.95 Å². The fourth-order valence-electron chi connectivity index (χ4n) is 4.40. The lowest BCUT2D eigenvalue weighted by Crippen LogP contribution is -2.33. The lowest BCUT2D eigenvalue weighted by Gasteiger charge is -2.24. The van der Waals surface area contributed by atoms with Gasteiger partial charge in [0.15, 0.2) is 0 Å². The predicted molar refractivity (Wildman–Crippen MR) is 152 cm³/mol. The average Bonchev–Trinajstić information content (AvgIpc) is 3.02. The number of nitrogens with zero attached hydrogens (tertiary/aromatic N) is 4. The Morgan fingerprint density at radius 3 is 2.59 bits per heavy atom. The highest BCUT2D eigenvalue weighted by molar-refractivity contribution is 6.09. The molecule has 2 heterocycles. The van der Waals surface area contributed by atoms with E-state index in [9.17, 15) is 9.59 Å². The third-order valence-electron chi connectivity index (χ3n) is 6.21. The Labute approximate surface area is 230 Å². The van der Waals surface area contributed by atoms with Gasteiger partial charge in [0.05, 0.1) is 0 Å². The molecule has 2 aromatic carbocycles. The molecule has 0 radical (unpaired) electrons. The number of carbonyl (C=O) groups is 2. The molecule has 1 atom stereocenters. The lowest BCUT2D eigenvalue weighted by atomic mass is 10.0. The van der Waals surface area contributed by atoms with Crippen molar-refractivity contribution in [3.05, 3.63) is 71.9 Å². The van der Waals surface area contributed by atoms with Crippen LogP contribution in [0.4, 0.5) is 17.5 Å². The smallest absolute Gasteiger partial charge is 0.306 e. The fourth-order valence-corrected chi connectivity index (χ4v) is 4.40. The Bertz CT molecular complexity index is 1290. The van der Waals surface area contributed by atoms with E-state index in [0.29, 0.717) is 54.8 Å². The van der Waals surface area contributed by atoms with E-state index < -0.39 is 5.60 Å². The Morgan fingerprint density at radius 2 is 1.87 bits per heavy atom. The Hall–Kier alpha value is -4.14. The van der Waals surface area contributed by atoms with Gasteiger partial charge >= 0.3 is 5.97 Å². The minimum atomic E-state index is -0.542. The van der Waals surface area contributed by atoms with Gasteiger partial charge in [-0.1, -0.05) is 36.4 Å². The number of aromatic nitrogens is 2. The summed E-state index contributed by atoms with van der Waals surface area (Å²) in [5, 5.41) is 3.10. The van der Waals surface area contributed by atoms with Crippen molar-refractivity contribution in [1.29, 1.82) is 0 Å². The molecule has 1 aromatic heterocycles. The number of anilines is 3. The van der Waals surface area contributed by atoms with Crippen molar-refractivity contribution < 1.29 is 19.1 Å². The molecule has 9 heteroatoms. The second-order valence-corrected chi connectivity index (χ2v) is 10.5. The Balaban J connectivity index is 1.56. The normalized spacial score (nSPS) is 14.3. The van der Waals surface area contributed by atoms with Crippen molar-refractivity contribution in [2.75, 3.05) is 41.8 Å². The van der Waals surface area contributed by atoms with Crippen LogP contribution in [0.2, 0.25) is 0 Å². The van der Waals surface area contributed by atoms with Gasteiger partial charge in [0.1, 0.15) is 28.8 Å². The molecule has 39 heavy (non-hydrogen) atoms. The van der Waals surface area contributed by atoms with E-state index in [-0.39, 0.29) is 24.4 Å². The van der Waals surface area contributed by atoms with Crippen LogP contribution < -0.4 is 19.9 Å². The second kappa shape index (κ2) is 12.1. The monoisotopic (exact) mass is 531 g/mol. The Morgan fingerprint density at radius 1 is 1.10 bits per heavy atom. The number of amides is 1. The van der Waals surface area contributed by atoms with E-state index in [2.05, 4.69) is 15.3 Å². The number of likely N-dealkylation sites (N-methyl/N-ethyl adjacent to an activating group) is 1. The SMILES string of the molecule is CCNc1ncc2c(n1)N(C)CCN(c1cccc(OC(CCC(=O)OC(C)(C)C)c3ccccc3)c1)C2=O. The van der Waals surface area contributed by atoms with Crippen LogP contribution in [0.25, 0.3) is 0 Å². The van der Waals surface area contributed by atoms with Gasteiger partial charge in [-0.25, -0.2) is 4.98 Å². The van der Waals surface area contributed by atoms with Gasteiger partial charge in [-0.05, 0) is 51.8 Å². The van der Waals surface area contributed by atoms with Gasteiger partial charge in [-0.15, -0.1) is 0 Å². The standard InChI is InChI=1S/C30H37N5O4/c1-6-31-29-32-20-24-27(33-29)34(5)17-18-35(28(24)37)22-13-10-14-23(19-22)38-25(21-11-8-7-9-12-21)15-16-26(36)39-30(2,3)4/h7-14,19-20,25H,6,15-18H2,1-5H3,(H,31,32,33). The number of rotatable bonds is 9. The van der Waals surface area contributed by atoms with Crippen LogP contribution in [0.3, 0.4) is 0 Å². The summed E-state index contributed by atoms with van der Waals surface area (Å²) in [6.45, 7) is 9.32. The molecule has 4 rings (SSSR count). The molecule has 0 bridgehead atoms. The van der Waals surface area contributed by atoms with Crippen molar-refractivity contribution >= 4 is 29.3 Å². The van der Waals surface area contributed by atoms with Gasteiger partial charge in [0.25, 0.3) is 5.91 Å². The van der Waals surface area contributed by atoms with Crippen LogP contribution in [-0.2, 0) is 9.53 Å². The largest absolute Gasteiger partial charge is 0.486 e. The molecule has 206 valence electrons. The lowest BCUT2D eigenvalue weighted by molar-refractivity contribution is -0.155. The minimum Gasteiger partial charge on any atom is -0.486 e. The first-order valence-electron chi connectivity index (χ1n) is 13.3. The van der Waals surface area contributed by atoms with Crippen LogP contribution in [-0.4, -0.2) is 54.1 Å². The van der Waals surface area contributed by atoms with E-state index in [0.717, 1.165) is 5.56 Å². The van der Waals surface area contributed by atoms with E-state index in [4.69, 9.17) is 9.47 Å². The third-order valence-corrected chi connectivity index (χ3v) is 6.21. The molecule has 1 aliphatic rings. The summed E-state index contributed by atoms with van der Waals surface area (Å²) < 4.78 is 11.9. The zero-order valence-corrected chi connectivity index (χ0v) is 23.3. The molecule has 0 spiro atoms. The second-order valence-electron chi connectivity index (χ2n) is 10.5. The van der Waals surface area contributed by atoms with Crippen LogP contribution in [0.15, 0.2) is 60.8 Å². The van der Waals surface area contributed by atoms with E-state index >= 15 is 0 Å². The topological polar surface area (TPSA) is 96.9 Å². The van der Waals surface area contributed by atoms with E-state index in [1.165, 1.54) is 0 Å². The zero-order valence-electron chi connectivity index (χ0n) is 23.3. The molecular weight excluding hydrogens is 494 g/mol. The number of hydrogen-bond acceptors (Lipinski definition) is 8. The quantitative estimate of drug-likeness (QED) is 0.374. The van der Waals surface area contributed by atoms with Gasteiger partial charge in [0, 0.05) is 51.1 Å². The summed E-state index contributed by atoms with van der Waals surface area (Å²) >= 11 is 0. The molecule has 1 amide bonds. The number of ether oxygens (including phenoxy) is 2. The highest BCUT2D eigenvalue weighted by atomic mass is 16.6. The summed E-state index contributed by atoms with van der Waals surface area (Å²) in [6.07, 6.45) is 1.90. The number of hydrogen-bond donors (Lipinski definition) is 1. The van der Waals surface area contributed by atoms with Crippen molar-refractivity contribution in [2.24, 2.45) is 0 Å². The fraction of sp³-hybridized carbons (Fsp3) is 0.400. The summed E-state index contributed by atoms with van der Waals surface area (Å²) in [5.41, 5.74) is 1.58. The maximum Gasteiger partial charge on any atom is 0.306 e. The molecule has 0 aliphatic carbocycles. The minimum absolute atomic E-state index is 0.168. The molecule has 0 saturated carbocycles. The van der Waals surface area contributed by atoms with Crippen molar-refractivity contribution in [2.45, 2.75) is 52.2 Å². The maximum absolute atomic E-state index is 13.6. The number of nitrogens with one attached hydrogen (secondary N) is 1. The van der Waals surface area contributed by atoms with Crippen molar-refractivity contribution in [3.8, 4) is 5.75 Å². The van der Waals surface area contributed by atoms with E-state index in [1.807, 2.05) is 94.2 Å². The van der Waals surface area contributed by atoms with Gasteiger partial charge in [-0.3, -0.25) is 9.59 Å². The average molecular weight is 532 g/mol. The van der Waals surface area contributed by atoms with Crippen LogP contribution in [0.5, 0.6) is 5.75 Å². The molecule has 3 aromatic rings. The summed E-state index contributed by atoms with van der Waals surface area (Å²) in [4.78, 5) is 38.6. The number of fused-ring (bicyclic) bond motifs is 1.